The highest BCUT2D eigenvalue weighted by molar-refractivity contribution is 5.78. The Morgan fingerprint density at radius 3 is 2.71 bits per heavy atom. The number of aromatic nitrogens is 2. The van der Waals surface area contributed by atoms with Crippen molar-refractivity contribution in [3.63, 3.8) is 0 Å². The number of halogens is 1. The van der Waals surface area contributed by atoms with Crippen molar-refractivity contribution in [2.75, 3.05) is 33.3 Å². The van der Waals surface area contributed by atoms with Gasteiger partial charge in [-0.25, -0.2) is 9.37 Å². The van der Waals surface area contributed by atoms with Crippen molar-refractivity contribution in [1.82, 2.24) is 19.2 Å². The highest BCUT2D eigenvalue weighted by Crippen LogP contribution is 2.19. The lowest BCUT2D eigenvalue weighted by molar-refractivity contribution is -0.132. The number of nitrogens with zero attached hydrogens (tertiary/aromatic N) is 4. The number of piperazine rings is 1. The molecule has 0 atom stereocenters. The van der Waals surface area contributed by atoms with Gasteiger partial charge in [0.2, 0.25) is 5.91 Å². The lowest BCUT2D eigenvalue weighted by Gasteiger charge is -2.34. The maximum atomic E-state index is 13.9. The molecule has 0 unspecified atom stereocenters. The van der Waals surface area contributed by atoms with Gasteiger partial charge in [0.05, 0.1) is 19.2 Å². The zero-order valence-corrected chi connectivity index (χ0v) is 15.8. The molecule has 0 saturated carbocycles. The Balaban J connectivity index is 1.30. The molecular weight excluding hydrogens is 359 g/mol. The third-order valence-corrected chi connectivity index (χ3v) is 5.09. The molecule has 146 valence electrons. The van der Waals surface area contributed by atoms with Crippen molar-refractivity contribution in [3.05, 3.63) is 65.9 Å². The topological polar surface area (TPSA) is 50.1 Å². The minimum absolute atomic E-state index is 0.0959. The molecule has 3 heterocycles. The average Bonchev–Trinajstić information content (AvgIpc) is 3.11. The van der Waals surface area contributed by atoms with E-state index in [9.17, 15) is 9.18 Å². The van der Waals surface area contributed by atoms with Crippen molar-refractivity contribution >= 4 is 11.6 Å². The smallest absolute Gasteiger partial charge is 0.228 e. The number of imidazole rings is 1. The summed E-state index contributed by atoms with van der Waals surface area (Å²) >= 11 is 0. The summed E-state index contributed by atoms with van der Waals surface area (Å²) in [5.74, 6) is 0.00549. The number of benzene rings is 1. The van der Waals surface area contributed by atoms with Crippen LogP contribution in [0, 0.1) is 5.82 Å². The minimum Gasteiger partial charge on any atom is -0.494 e. The number of ether oxygens (including phenoxy) is 1. The van der Waals surface area contributed by atoms with Crippen LogP contribution in [0.15, 0.2) is 48.8 Å². The highest BCUT2D eigenvalue weighted by Gasteiger charge is 2.22. The molecule has 1 aromatic carbocycles. The van der Waals surface area contributed by atoms with E-state index in [0.29, 0.717) is 26.1 Å². The first-order chi connectivity index (χ1) is 13.6. The van der Waals surface area contributed by atoms with E-state index >= 15 is 0 Å². The van der Waals surface area contributed by atoms with Crippen LogP contribution in [-0.4, -0.2) is 58.4 Å². The molecule has 0 aliphatic carbocycles. The maximum absolute atomic E-state index is 13.9. The molecule has 4 rings (SSSR count). The van der Waals surface area contributed by atoms with Gasteiger partial charge in [-0.2, -0.15) is 0 Å². The fourth-order valence-electron chi connectivity index (χ4n) is 3.56. The second-order valence-corrected chi connectivity index (χ2v) is 7.00. The predicted octanol–water partition coefficient (Wildman–Crippen LogP) is 2.37. The summed E-state index contributed by atoms with van der Waals surface area (Å²) in [7, 11) is 1.46. The summed E-state index contributed by atoms with van der Waals surface area (Å²) in [6.45, 7) is 3.54. The van der Waals surface area contributed by atoms with Crippen LogP contribution in [0.2, 0.25) is 0 Å². The number of pyridine rings is 1. The number of hydrogen-bond acceptors (Lipinski definition) is 4. The van der Waals surface area contributed by atoms with Crippen LogP contribution in [0.5, 0.6) is 5.75 Å². The minimum atomic E-state index is -0.346. The molecule has 0 radical (unpaired) electrons. The number of amides is 1. The first-order valence-electron chi connectivity index (χ1n) is 9.37. The largest absolute Gasteiger partial charge is 0.494 e. The van der Waals surface area contributed by atoms with Gasteiger partial charge in [-0.1, -0.05) is 12.1 Å². The molecule has 0 bridgehead atoms. The number of fused-ring (bicyclic) bond motifs is 1. The van der Waals surface area contributed by atoms with E-state index < -0.39 is 0 Å². The summed E-state index contributed by atoms with van der Waals surface area (Å²) < 4.78 is 20.7. The van der Waals surface area contributed by atoms with Gasteiger partial charge in [0.15, 0.2) is 11.6 Å². The van der Waals surface area contributed by atoms with Crippen LogP contribution in [0.1, 0.15) is 11.3 Å². The molecule has 1 fully saturated rings. The summed E-state index contributed by atoms with van der Waals surface area (Å²) in [5, 5.41) is 0. The third kappa shape index (κ3) is 3.99. The van der Waals surface area contributed by atoms with E-state index in [1.165, 1.54) is 13.2 Å². The monoisotopic (exact) mass is 382 g/mol. The Kier molecular flexibility index (Phi) is 5.25. The Hall–Kier alpha value is -2.93. The Morgan fingerprint density at radius 1 is 1.18 bits per heavy atom. The van der Waals surface area contributed by atoms with Crippen LogP contribution in [0.3, 0.4) is 0 Å². The Morgan fingerprint density at radius 2 is 2.00 bits per heavy atom. The second-order valence-electron chi connectivity index (χ2n) is 7.00. The van der Waals surface area contributed by atoms with E-state index in [1.54, 1.807) is 6.07 Å². The molecule has 6 nitrogen and oxygen atoms in total. The van der Waals surface area contributed by atoms with Crippen LogP contribution in [0.4, 0.5) is 4.39 Å². The van der Waals surface area contributed by atoms with Gasteiger partial charge in [-0.05, 0) is 29.8 Å². The van der Waals surface area contributed by atoms with Crippen LogP contribution < -0.4 is 4.74 Å². The molecule has 1 aliphatic rings. The number of methoxy groups -OCH3 is 1. The first-order valence-corrected chi connectivity index (χ1v) is 9.37. The lowest BCUT2D eigenvalue weighted by Crippen LogP contribution is -2.48. The summed E-state index contributed by atoms with van der Waals surface area (Å²) in [4.78, 5) is 21.2. The Labute approximate surface area is 163 Å². The van der Waals surface area contributed by atoms with E-state index in [1.807, 2.05) is 46.0 Å². The van der Waals surface area contributed by atoms with Gasteiger partial charge < -0.3 is 14.0 Å². The number of hydrogen-bond donors (Lipinski definition) is 0. The summed E-state index contributed by atoms with van der Waals surface area (Å²) in [6.07, 6.45) is 4.14. The molecular formula is C21H23FN4O2. The van der Waals surface area contributed by atoms with Crippen LogP contribution in [-0.2, 0) is 17.8 Å². The van der Waals surface area contributed by atoms with Gasteiger partial charge in [0.1, 0.15) is 5.65 Å². The van der Waals surface area contributed by atoms with Gasteiger partial charge in [0.25, 0.3) is 0 Å². The molecule has 7 heteroatoms. The lowest BCUT2D eigenvalue weighted by atomic mass is 10.1. The third-order valence-electron chi connectivity index (χ3n) is 5.09. The van der Waals surface area contributed by atoms with E-state index in [4.69, 9.17) is 4.74 Å². The van der Waals surface area contributed by atoms with Gasteiger partial charge >= 0.3 is 0 Å². The molecule has 1 amide bonds. The zero-order chi connectivity index (χ0) is 19.5. The molecule has 0 N–H and O–H groups in total. The maximum Gasteiger partial charge on any atom is 0.228 e. The van der Waals surface area contributed by atoms with Gasteiger partial charge in [-0.15, -0.1) is 0 Å². The van der Waals surface area contributed by atoms with E-state index in [0.717, 1.165) is 30.0 Å². The van der Waals surface area contributed by atoms with Gasteiger partial charge in [-0.3, -0.25) is 9.69 Å². The molecule has 28 heavy (non-hydrogen) atoms. The normalized spacial score (nSPS) is 15.1. The molecule has 2 aromatic heterocycles. The zero-order valence-electron chi connectivity index (χ0n) is 15.8. The van der Waals surface area contributed by atoms with Crippen molar-refractivity contribution in [3.8, 4) is 5.75 Å². The average molecular weight is 382 g/mol. The fourth-order valence-corrected chi connectivity index (χ4v) is 3.56. The number of carbonyl (C=O) groups excluding carboxylic acids is 1. The van der Waals surface area contributed by atoms with Crippen molar-refractivity contribution in [1.29, 1.82) is 0 Å². The Bertz CT molecular complexity index is 946. The highest BCUT2D eigenvalue weighted by atomic mass is 19.1. The first kappa shape index (κ1) is 18.4. The standard InChI is InChI=1S/C21H23FN4O2/c1-28-19-6-5-16(12-18(19)22)14-24-8-10-25(11-9-24)21(27)13-17-15-26-7-3-2-4-20(26)23-17/h2-7,12,15H,8-11,13-14H2,1H3. The molecule has 1 saturated heterocycles. The van der Waals surface area contributed by atoms with Crippen molar-refractivity contribution < 1.29 is 13.9 Å². The summed E-state index contributed by atoms with van der Waals surface area (Å²) in [5.41, 5.74) is 2.54. The molecule has 1 aliphatic heterocycles. The fraction of sp³-hybridized carbons (Fsp3) is 0.333. The quantitative estimate of drug-likeness (QED) is 0.680. The van der Waals surface area contributed by atoms with Crippen LogP contribution >= 0.6 is 0 Å². The molecule has 3 aromatic rings. The van der Waals surface area contributed by atoms with Crippen molar-refractivity contribution in [2.45, 2.75) is 13.0 Å². The van der Waals surface area contributed by atoms with E-state index in [-0.39, 0.29) is 17.5 Å². The van der Waals surface area contributed by atoms with Crippen molar-refractivity contribution in [2.24, 2.45) is 0 Å². The SMILES string of the molecule is COc1ccc(CN2CCN(C(=O)Cc3cn4ccccc4n3)CC2)cc1F. The number of rotatable bonds is 5. The van der Waals surface area contributed by atoms with Crippen LogP contribution in [0.25, 0.3) is 5.65 Å². The second kappa shape index (κ2) is 7.98. The van der Waals surface area contributed by atoms with Gasteiger partial charge in [0, 0.05) is 45.1 Å². The number of carbonyl (C=O) groups is 1. The predicted molar refractivity (Wildman–Crippen MR) is 104 cm³/mol. The summed E-state index contributed by atoms with van der Waals surface area (Å²) in [6, 6.07) is 10.8. The van der Waals surface area contributed by atoms with E-state index in [2.05, 4.69) is 9.88 Å². The molecule has 0 spiro atoms.